The van der Waals surface area contributed by atoms with Crippen LogP contribution in [0.1, 0.15) is 43.0 Å². The Kier molecular flexibility index (Phi) is 7.66. The third-order valence-corrected chi connectivity index (χ3v) is 9.60. The van der Waals surface area contributed by atoms with Gasteiger partial charge < -0.3 is 20.3 Å². The summed E-state index contributed by atoms with van der Waals surface area (Å²) in [7, 11) is -1.76. The highest BCUT2D eigenvalue weighted by molar-refractivity contribution is 7.90. The summed E-state index contributed by atoms with van der Waals surface area (Å²) < 4.78 is 30.3. The molecular weight excluding hydrogens is 502 g/mol. The fourth-order valence-corrected chi connectivity index (χ4v) is 7.00. The first-order valence-electron chi connectivity index (χ1n) is 13.0. The van der Waals surface area contributed by atoms with E-state index in [0.29, 0.717) is 18.3 Å². The van der Waals surface area contributed by atoms with Gasteiger partial charge >= 0.3 is 0 Å². The average Bonchev–Trinajstić information content (AvgIpc) is 3.67. The summed E-state index contributed by atoms with van der Waals surface area (Å²) in [4.78, 5) is 4.00. The topological polar surface area (TPSA) is 70.7 Å². The molecule has 1 aliphatic carbocycles. The van der Waals surface area contributed by atoms with Crippen LogP contribution in [0.4, 0.5) is 11.4 Å². The molecule has 1 aliphatic heterocycles. The molecule has 1 saturated heterocycles. The van der Waals surface area contributed by atoms with Crippen molar-refractivity contribution in [1.82, 2.24) is 4.90 Å². The zero-order valence-electron chi connectivity index (χ0n) is 21.8. The molecule has 3 aromatic rings. The van der Waals surface area contributed by atoms with E-state index in [1.807, 2.05) is 0 Å². The first-order valence-corrected chi connectivity index (χ1v) is 15.7. The maximum Gasteiger partial charge on any atom is 0.175 e. The number of nitrogens with one attached hydrogen (secondary N) is 2. The zero-order chi connectivity index (χ0) is 26.0. The number of ether oxygens (including phenoxy) is 1. The Hall–Kier alpha value is -2.73. The molecule has 1 aromatic heterocycles. The minimum absolute atomic E-state index is 0.233. The molecule has 2 aliphatic rings. The predicted molar refractivity (Wildman–Crippen MR) is 154 cm³/mol. The van der Waals surface area contributed by atoms with Gasteiger partial charge in [-0.2, -0.15) is 0 Å². The molecule has 0 bridgehead atoms. The maximum atomic E-state index is 11.8. The first kappa shape index (κ1) is 25.9. The van der Waals surface area contributed by atoms with Crippen molar-refractivity contribution in [1.29, 1.82) is 0 Å². The predicted octanol–water partition coefficient (Wildman–Crippen LogP) is 5.38. The van der Waals surface area contributed by atoms with Crippen LogP contribution in [-0.4, -0.2) is 58.4 Å². The van der Waals surface area contributed by atoms with Crippen molar-refractivity contribution in [2.75, 3.05) is 43.6 Å². The molecule has 0 atom stereocenters. The van der Waals surface area contributed by atoms with Gasteiger partial charge in [-0.3, -0.25) is 0 Å². The van der Waals surface area contributed by atoms with Crippen LogP contribution in [0.3, 0.4) is 0 Å². The van der Waals surface area contributed by atoms with Crippen molar-refractivity contribution >= 4 is 42.6 Å². The van der Waals surface area contributed by atoms with Crippen molar-refractivity contribution in [3.63, 3.8) is 0 Å². The van der Waals surface area contributed by atoms with Gasteiger partial charge in [0.1, 0.15) is 5.75 Å². The summed E-state index contributed by atoms with van der Waals surface area (Å²) in [6.07, 6.45) is 7.29. The highest BCUT2D eigenvalue weighted by atomic mass is 32.2. The number of hydrogen-bond donors (Lipinski definition) is 2. The molecule has 2 aromatic carbocycles. The van der Waals surface area contributed by atoms with E-state index in [1.54, 1.807) is 23.5 Å². The molecule has 0 spiro atoms. The Morgan fingerprint density at radius 2 is 1.89 bits per heavy atom. The zero-order valence-corrected chi connectivity index (χ0v) is 23.4. The number of aryl methyl sites for hydroxylation is 1. The summed E-state index contributed by atoms with van der Waals surface area (Å²) in [6, 6.07) is 12.8. The number of benzene rings is 2. The minimum Gasteiger partial charge on any atom is -0.495 e. The summed E-state index contributed by atoms with van der Waals surface area (Å²) >= 11 is 1.77. The minimum atomic E-state index is -3.29. The second-order valence-electron chi connectivity index (χ2n) is 9.92. The first-order chi connectivity index (χ1) is 17.9. The van der Waals surface area contributed by atoms with Gasteiger partial charge in [0.2, 0.25) is 0 Å². The number of rotatable bonds is 8. The van der Waals surface area contributed by atoms with Gasteiger partial charge in [-0.25, -0.2) is 8.42 Å². The smallest absolute Gasteiger partial charge is 0.175 e. The normalized spacial score (nSPS) is 16.8. The quantitative estimate of drug-likeness (QED) is 0.376. The second kappa shape index (κ2) is 10.9. The number of methoxy groups -OCH3 is 1. The van der Waals surface area contributed by atoms with Crippen molar-refractivity contribution in [2.24, 2.45) is 0 Å². The number of hydrogen-bond acceptors (Lipinski definition) is 7. The number of fused-ring (bicyclic) bond motifs is 1. The molecule has 37 heavy (non-hydrogen) atoms. The molecule has 1 saturated carbocycles. The number of anilines is 2. The maximum absolute atomic E-state index is 11.8. The van der Waals surface area contributed by atoms with Gasteiger partial charge in [-0.05, 0) is 61.3 Å². The molecule has 6 nitrogen and oxygen atoms in total. The van der Waals surface area contributed by atoms with Gasteiger partial charge in [0.05, 0.1) is 39.5 Å². The Morgan fingerprint density at radius 3 is 2.57 bits per heavy atom. The standard InChI is InChI=1S/C29H35N3O3S2/c1-4-23-24-7-5-8-26(31-20-14-17-32(18-15-20)21-10-11-21)29(24)36-28(23)9-6-16-30-25-13-12-22(37(3,33)34)19-27(25)35-2/h5,7-8,12-13,19-21,30-31H,4,10-11,14-18H2,1-3H3. The molecule has 0 unspecified atom stereocenters. The van der Waals surface area contributed by atoms with Crippen LogP contribution in [0.15, 0.2) is 41.3 Å². The molecule has 196 valence electrons. The number of piperidine rings is 1. The van der Waals surface area contributed by atoms with Crippen molar-refractivity contribution in [3.05, 3.63) is 46.8 Å². The van der Waals surface area contributed by atoms with Crippen LogP contribution in [0.5, 0.6) is 5.75 Å². The Labute approximate surface area is 224 Å². The Bertz CT molecular complexity index is 1440. The van der Waals surface area contributed by atoms with Crippen LogP contribution in [0, 0.1) is 11.8 Å². The highest BCUT2D eigenvalue weighted by Crippen LogP contribution is 2.37. The summed E-state index contributed by atoms with van der Waals surface area (Å²) in [6.45, 7) is 5.02. The summed E-state index contributed by atoms with van der Waals surface area (Å²) in [5.74, 6) is 7.13. The number of nitrogens with zero attached hydrogens (tertiary/aromatic N) is 1. The molecule has 2 fully saturated rings. The lowest BCUT2D eigenvalue weighted by atomic mass is 10.0. The van der Waals surface area contributed by atoms with Gasteiger partial charge in [-0.1, -0.05) is 30.9 Å². The lowest BCUT2D eigenvalue weighted by Crippen LogP contribution is -2.40. The van der Waals surface area contributed by atoms with Crippen LogP contribution in [-0.2, 0) is 16.3 Å². The van der Waals surface area contributed by atoms with Gasteiger partial charge in [0, 0.05) is 37.5 Å². The monoisotopic (exact) mass is 537 g/mol. The second-order valence-corrected chi connectivity index (χ2v) is 13.0. The van der Waals surface area contributed by atoms with E-state index in [0.717, 1.165) is 23.0 Å². The Balaban J connectivity index is 1.29. The van der Waals surface area contributed by atoms with E-state index in [1.165, 1.54) is 79.5 Å². The van der Waals surface area contributed by atoms with Gasteiger partial charge in [-0.15, -0.1) is 11.3 Å². The largest absolute Gasteiger partial charge is 0.495 e. The number of likely N-dealkylation sites (tertiary alicyclic amines) is 1. The van der Waals surface area contributed by atoms with E-state index in [9.17, 15) is 8.42 Å². The van der Waals surface area contributed by atoms with Gasteiger partial charge in [0.25, 0.3) is 0 Å². The summed E-state index contributed by atoms with van der Waals surface area (Å²) in [5.41, 5.74) is 3.24. The number of sulfone groups is 1. The molecule has 2 heterocycles. The van der Waals surface area contributed by atoms with E-state index in [-0.39, 0.29) is 4.90 Å². The van der Waals surface area contributed by atoms with E-state index in [2.05, 4.69) is 52.5 Å². The summed E-state index contributed by atoms with van der Waals surface area (Å²) in [5, 5.41) is 8.41. The van der Waals surface area contributed by atoms with Crippen LogP contribution in [0.25, 0.3) is 10.1 Å². The Morgan fingerprint density at radius 1 is 1.11 bits per heavy atom. The van der Waals surface area contributed by atoms with E-state index in [4.69, 9.17) is 4.74 Å². The molecule has 2 N–H and O–H groups in total. The number of thiophene rings is 1. The molecular formula is C29H35N3O3S2. The third kappa shape index (κ3) is 5.90. The van der Waals surface area contributed by atoms with E-state index >= 15 is 0 Å². The SMILES string of the molecule is CCc1c(C#CCNc2ccc(S(C)(=O)=O)cc2OC)sc2c(NC3CCN(C4CC4)CC3)cccc12. The lowest BCUT2D eigenvalue weighted by Gasteiger charge is -2.33. The van der Waals surface area contributed by atoms with E-state index < -0.39 is 9.84 Å². The third-order valence-electron chi connectivity index (χ3n) is 7.29. The van der Waals surface area contributed by atoms with Gasteiger partial charge in [0.15, 0.2) is 9.84 Å². The van der Waals surface area contributed by atoms with Crippen LogP contribution in [0.2, 0.25) is 0 Å². The van der Waals surface area contributed by atoms with Crippen molar-refractivity contribution < 1.29 is 13.2 Å². The fourth-order valence-electron chi connectivity index (χ4n) is 5.12. The molecule has 0 amide bonds. The van der Waals surface area contributed by atoms with Crippen LogP contribution < -0.4 is 15.4 Å². The average molecular weight is 538 g/mol. The lowest BCUT2D eigenvalue weighted by molar-refractivity contribution is 0.210. The molecule has 0 radical (unpaired) electrons. The van der Waals surface area contributed by atoms with Crippen molar-refractivity contribution in [3.8, 4) is 17.6 Å². The van der Waals surface area contributed by atoms with Crippen LogP contribution >= 0.6 is 11.3 Å². The highest BCUT2D eigenvalue weighted by Gasteiger charge is 2.31. The fraction of sp³-hybridized carbons (Fsp3) is 0.448. The molecule has 5 rings (SSSR count). The molecule has 8 heteroatoms. The van der Waals surface area contributed by atoms with Crippen molar-refractivity contribution in [2.45, 2.75) is 56.0 Å².